The van der Waals surface area contributed by atoms with Crippen molar-refractivity contribution in [1.29, 1.82) is 0 Å². The summed E-state index contributed by atoms with van der Waals surface area (Å²) in [7, 11) is 0. The third-order valence-corrected chi connectivity index (χ3v) is 2.39. The van der Waals surface area contributed by atoms with Crippen LogP contribution in [0, 0.1) is 0 Å². The Hall–Kier alpha value is -0.580. The summed E-state index contributed by atoms with van der Waals surface area (Å²) in [6.45, 7) is 0.441. The number of rotatable bonds is 2. The Kier molecular flexibility index (Phi) is 3.08. The van der Waals surface area contributed by atoms with Gasteiger partial charge < -0.3 is 17.2 Å². The molecule has 0 aliphatic rings. The summed E-state index contributed by atoms with van der Waals surface area (Å²) >= 11 is 3.32. The van der Waals surface area contributed by atoms with Crippen molar-refractivity contribution in [3.63, 3.8) is 0 Å². The third-order valence-electron chi connectivity index (χ3n) is 1.71. The van der Waals surface area contributed by atoms with Gasteiger partial charge in [-0.1, -0.05) is 6.07 Å². The van der Waals surface area contributed by atoms with E-state index in [-0.39, 0.29) is 6.04 Å². The molecule has 6 N–H and O–H groups in total. The lowest BCUT2D eigenvalue weighted by molar-refractivity contribution is 0.737. The zero-order valence-electron chi connectivity index (χ0n) is 6.63. The van der Waals surface area contributed by atoms with E-state index < -0.39 is 0 Å². The molecule has 3 nitrogen and oxygen atoms in total. The van der Waals surface area contributed by atoms with Crippen LogP contribution in [0.4, 0.5) is 5.69 Å². The van der Waals surface area contributed by atoms with Crippen molar-refractivity contribution in [1.82, 2.24) is 0 Å². The highest BCUT2D eigenvalue weighted by Gasteiger charge is 2.04. The van der Waals surface area contributed by atoms with E-state index in [4.69, 9.17) is 17.2 Å². The maximum absolute atomic E-state index is 5.73. The molecule has 0 saturated carbocycles. The molecular formula is C8H12BrN3. The number of benzene rings is 1. The van der Waals surface area contributed by atoms with Crippen LogP contribution >= 0.6 is 15.9 Å². The SMILES string of the molecule is NC[C@H](N)c1ccc(N)c(Br)c1. The third kappa shape index (κ3) is 1.97. The number of halogens is 1. The topological polar surface area (TPSA) is 78.1 Å². The molecule has 12 heavy (non-hydrogen) atoms. The molecule has 1 aromatic carbocycles. The van der Waals surface area contributed by atoms with Crippen molar-refractivity contribution in [2.45, 2.75) is 6.04 Å². The first-order valence-electron chi connectivity index (χ1n) is 3.65. The van der Waals surface area contributed by atoms with E-state index in [1.54, 1.807) is 0 Å². The lowest BCUT2D eigenvalue weighted by Crippen LogP contribution is -2.20. The van der Waals surface area contributed by atoms with Gasteiger partial charge in [0.15, 0.2) is 0 Å². The second kappa shape index (κ2) is 3.89. The highest BCUT2D eigenvalue weighted by Crippen LogP contribution is 2.22. The molecule has 66 valence electrons. The quantitative estimate of drug-likeness (QED) is 0.663. The van der Waals surface area contributed by atoms with Crippen LogP contribution in [-0.4, -0.2) is 6.54 Å². The molecule has 1 rings (SSSR count). The first-order chi connectivity index (χ1) is 5.65. The van der Waals surface area contributed by atoms with Gasteiger partial charge in [-0.3, -0.25) is 0 Å². The molecule has 0 radical (unpaired) electrons. The van der Waals surface area contributed by atoms with Crippen molar-refractivity contribution in [2.24, 2.45) is 11.5 Å². The summed E-state index contributed by atoms with van der Waals surface area (Å²) in [5.74, 6) is 0. The Labute approximate surface area is 80.0 Å². The largest absolute Gasteiger partial charge is 0.398 e. The molecule has 1 atom stereocenters. The van der Waals surface area contributed by atoms with Gasteiger partial charge in [0, 0.05) is 22.7 Å². The van der Waals surface area contributed by atoms with Crippen molar-refractivity contribution in [3.8, 4) is 0 Å². The minimum Gasteiger partial charge on any atom is -0.398 e. The van der Waals surface area contributed by atoms with Gasteiger partial charge in [0.1, 0.15) is 0 Å². The lowest BCUT2D eigenvalue weighted by Gasteiger charge is -2.09. The first kappa shape index (κ1) is 9.51. The van der Waals surface area contributed by atoms with Crippen LogP contribution in [0.3, 0.4) is 0 Å². The molecule has 0 unspecified atom stereocenters. The van der Waals surface area contributed by atoms with Gasteiger partial charge in [-0.15, -0.1) is 0 Å². The van der Waals surface area contributed by atoms with E-state index in [0.717, 1.165) is 10.0 Å². The fourth-order valence-electron chi connectivity index (χ4n) is 0.910. The van der Waals surface area contributed by atoms with Crippen LogP contribution in [0.25, 0.3) is 0 Å². The Balaban J connectivity index is 2.96. The predicted octanol–water partition coefficient (Wildman–Crippen LogP) is 0.990. The van der Waals surface area contributed by atoms with E-state index in [1.807, 2.05) is 18.2 Å². The van der Waals surface area contributed by atoms with Gasteiger partial charge in [0.05, 0.1) is 0 Å². The van der Waals surface area contributed by atoms with Crippen LogP contribution in [0.5, 0.6) is 0 Å². The summed E-state index contributed by atoms with van der Waals surface area (Å²) < 4.78 is 0.865. The normalized spacial score (nSPS) is 12.9. The predicted molar refractivity (Wildman–Crippen MR) is 54.5 cm³/mol. The minimum absolute atomic E-state index is 0.109. The zero-order chi connectivity index (χ0) is 9.14. The average molecular weight is 230 g/mol. The maximum atomic E-state index is 5.73. The molecule has 0 aliphatic heterocycles. The van der Waals surface area contributed by atoms with Crippen LogP contribution in [0.1, 0.15) is 11.6 Å². The van der Waals surface area contributed by atoms with Crippen molar-refractivity contribution in [2.75, 3.05) is 12.3 Å². The Morgan fingerprint density at radius 1 is 1.42 bits per heavy atom. The summed E-state index contributed by atoms with van der Waals surface area (Å²) in [6, 6.07) is 5.49. The molecule has 0 saturated heterocycles. The summed E-state index contributed by atoms with van der Waals surface area (Å²) in [5, 5.41) is 0. The van der Waals surface area contributed by atoms with E-state index in [1.165, 1.54) is 0 Å². The average Bonchev–Trinajstić information content (AvgIpc) is 2.08. The molecule has 0 spiro atoms. The standard InChI is InChI=1S/C8H12BrN3/c9-6-3-5(8(12)4-10)1-2-7(6)11/h1-3,8H,4,10-12H2/t8-/m0/s1. The van der Waals surface area contributed by atoms with E-state index in [2.05, 4.69) is 15.9 Å². The molecule has 0 heterocycles. The maximum Gasteiger partial charge on any atom is 0.0458 e. The smallest absolute Gasteiger partial charge is 0.0458 e. The Morgan fingerprint density at radius 2 is 2.08 bits per heavy atom. The van der Waals surface area contributed by atoms with E-state index >= 15 is 0 Å². The van der Waals surface area contributed by atoms with Crippen LogP contribution in [0.15, 0.2) is 22.7 Å². The second-order valence-electron chi connectivity index (χ2n) is 2.62. The molecule has 1 aromatic rings. The van der Waals surface area contributed by atoms with Crippen LogP contribution in [0.2, 0.25) is 0 Å². The van der Waals surface area contributed by atoms with Crippen LogP contribution < -0.4 is 17.2 Å². The summed E-state index contributed by atoms with van der Waals surface area (Å²) in [5.41, 5.74) is 18.5. The number of anilines is 1. The highest BCUT2D eigenvalue weighted by atomic mass is 79.9. The van der Waals surface area contributed by atoms with Gasteiger partial charge in [-0.05, 0) is 33.6 Å². The Bertz CT molecular complexity index is 275. The van der Waals surface area contributed by atoms with E-state index in [9.17, 15) is 0 Å². The zero-order valence-corrected chi connectivity index (χ0v) is 8.21. The van der Waals surface area contributed by atoms with Crippen molar-refractivity contribution < 1.29 is 0 Å². The number of hydrogen-bond donors (Lipinski definition) is 3. The molecular weight excluding hydrogens is 218 g/mol. The first-order valence-corrected chi connectivity index (χ1v) is 4.45. The minimum atomic E-state index is -0.109. The molecule has 0 aromatic heterocycles. The monoisotopic (exact) mass is 229 g/mol. The lowest BCUT2D eigenvalue weighted by atomic mass is 10.1. The van der Waals surface area contributed by atoms with E-state index in [0.29, 0.717) is 12.2 Å². The number of hydrogen-bond acceptors (Lipinski definition) is 3. The fraction of sp³-hybridized carbons (Fsp3) is 0.250. The highest BCUT2D eigenvalue weighted by molar-refractivity contribution is 9.10. The summed E-state index contributed by atoms with van der Waals surface area (Å²) in [4.78, 5) is 0. The molecule has 0 bridgehead atoms. The number of nitrogen functional groups attached to an aromatic ring is 1. The molecule has 4 heteroatoms. The van der Waals surface area contributed by atoms with Crippen LogP contribution in [-0.2, 0) is 0 Å². The van der Waals surface area contributed by atoms with Gasteiger partial charge in [0.25, 0.3) is 0 Å². The van der Waals surface area contributed by atoms with Crippen molar-refractivity contribution in [3.05, 3.63) is 28.2 Å². The van der Waals surface area contributed by atoms with Gasteiger partial charge in [0.2, 0.25) is 0 Å². The fourth-order valence-corrected chi connectivity index (χ4v) is 1.31. The molecule has 0 amide bonds. The Morgan fingerprint density at radius 3 is 2.58 bits per heavy atom. The van der Waals surface area contributed by atoms with Gasteiger partial charge in [-0.25, -0.2) is 0 Å². The van der Waals surface area contributed by atoms with Gasteiger partial charge >= 0.3 is 0 Å². The molecule has 0 fully saturated rings. The second-order valence-corrected chi connectivity index (χ2v) is 3.48. The van der Waals surface area contributed by atoms with Crippen molar-refractivity contribution >= 4 is 21.6 Å². The molecule has 0 aliphatic carbocycles. The van der Waals surface area contributed by atoms with Gasteiger partial charge in [-0.2, -0.15) is 0 Å². The number of nitrogens with two attached hydrogens (primary N) is 3. The summed E-state index contributed by atoms with van der Waals surface area (Å²) in [6.07, 6.45) is 0.